The number of hydrogen-bond donors (Lipinski definition) is 1. The first-order valence-electron chi connectivity index (χ1n) is 7.22. The number of rotatable bonds is 4. The second-order valence-corrected chi connectivity index (χ2v) is 7.66. The molecule has 1 unspecified atom stereocenters. The number of urea groups is 1. The van der Waals surface area contributed by atoms with Gasteiger partial charge in [0.05, 0.1) is 11.5 Å². The molecule has 0 spiro atoms. The summed E-state index contributed by atoms with van der Waals surface area (Å²) in [6.45, 7) is 4.85. The zero-order valence-corrected chi connectivity index (χ0v) is 13.3. The minimum atomic E-state index is -2.98. The Kier molecular flexibility index (Phi) is 4.88. The van der Waals surface area contributed by atoms with Gasteiger partial charge in [0.15, 0.2) is 9.84 Å². The van der Waals surface area contributed by atoms with Crippen molar-refractivity contribution >= 4 is 15.9 Å². The van der Waals surface area contributed by atoms with Crippen LogP contribution in [0.2, 0.25) is 0 Å². The highest BCUT2D eigenvalue weighted by Gasteiger charge is 2.33. The molecule has 1 heterocycles. The molecule has 1 aromatic carbocycles. The van der Waals surface area contributed by atoms with Crippen LogP contribution in [0, 0.1) is 6.92 Å². The maximum atomic E-state index is 12.3. The molecule has 1 N–H and O–H groups in total. The van der Waals surface area contributed by atoms with E-state index in [2.05, 4.69) is 5.32 Å². The third kappa shape index (κ3) is 3.97. The highest BCUT2D eigenvalue weighted by Crippen LogP contribution is 2.18. The summed E-state index contributed by atoms with van der Waals surface area (Å²) in [5, 5.41) is 2.89. The molecule has 2 rings (SSSR count). The van der Waals surface area contributed by atoms with Crippen LogP contribution in [0.25, 0.3) is 0 Å². The Hall–Kier alpha value is -1.56. The van der Waals surface area contributed by atoms with Crippen molar-refractivity contribution < 1.29 is 13.2 Å². The largest absolute Gasteiger partial charge is 0.334 e. The van der Waals surface area contributed by atoms with Crippen LogP contribution in [0.3, 0.4) is 0 Å². The Morgan fingerprint density at radius 1 is 1.38 bits per heavy atom. The number of aryl methyl sites for hydroxylation is 1. The van der Waals surface area contributed by atoms with Gasteiger partial charge in [-0.3, -0.25) is 0 Å². The second-order valence-electron chi connectivity index (χ2n) is 5.43. The molecule has 6 heteroatoms. The first-order chi connectivity index (χ1) is 9.93. The summed E-state index contributed by atoms with van der Waals surface area (Å²) in [7, 11) is -2.98. The Morgan fingerprint density at radius 2 is 2.10 bits per heavy atom. The van der Waals surface area contributed by atoms with E-state index in [1.807, 2.05) is 38.1 Å². The van der Waals surface area contributed by atoms with Crippen molar-refractivity contribution in [3.8, 4) is 0 Å². The lowest BCUT2D eigenvalue weighted by Gasteiger charge is -2.27. The van der Waals surface area contributed by atoms with Crippen LogP contribution < -0.4 is 5.32 Å². The fourth-order valence-electron chi connectivity index (χ4n) is 2.67. The third-order valence-corrected chi connectivity index (χ3v) is 5.69. The molecule has 1 atom stereocenters. The molecule has 0 saturated carbocycles. The quantitative estimate of drug-likeness (QED) is 0.920. The van der Waals surface area contributed by atoms with E-state index in [0.717, 1.165) is 11.1 Å². The SMILES string of the molecule is CCN(C(=O)NCc1ccccc1C)C1CCS(=O)(=O)C1. The minimum absolute atomic E-state index is 0.0820. The summed E-state index contributed by atoms with van der Waals surface area (Å²) in [5.41, 5.74) is 2.20. The van der Waals surface area contributed by atoms with Gasteiger partial charge in [-0.15, -0.1) is 0 Å². The van der Waals surface area contributed by atoms with E-state index in [0.29, 0.717) is 19.5 Å². The van der Waals surface area contributed by atoms with Gasteiger partial charge < -0.3 is 10.2 Å². The van der Waals surface area contributed by atoms with E-state index in [1.54, 1.807) is 4.90 Å². The van der Waals surface area contributed by atoms with Gasteiger partial charge >= 0.3 is 6.03 Å². The summed E-state index contributed by atoms with van der Waals surface area (Å²) in [6, 6.07) is 7.49. The van der Waals surface area contributed by atoms with Crippen LogP contribution in [0.1, 0.15) is 24.5 Å². The predicted octanol–water partition coefficient (Wildman–Crippen LogP) is 1.71. The van der Waals surface area contributed by atoms with Gasteiger partial charge in [-0.1, -0.05) is 24.3 Å². The maximum Gasteiger partial charge on any atom is 0.317 e. The first kappa shape index (κ1) is 15.8. The van der Waals surface area contributed by atoms with Crippen molar-refractivity contribution in [2.45, 2.75) is 32.9 Å². The number of sulfone groups is 1. The number of carbonyl (C=O) groups is 1. The van der Waals surface area contributed by atoms with Crippen molar-refractivity contribution in [3.05, 3.63) is 35.4 Å². The lowest BCUT2D eigenvalue weighted by atomic mass is 10.1. The van der Waals surface area contributed by atoms with E-state index >= 15 is 0 Å². The van der Waals surface area contributed by atoms with Crippen molar-refractivity contribution in [2.24, 2.45) is 0 Å². The van der Waals surface area contributed by atoms with E-state index in [1.165, 1.54) is 0 Å². The molecule has 1 aliphatic heterocycles. The van der Waals surface area contributed by atoms with E-state index in [9.17, 15) is 13.2 Å². The first-order valence-corrected chi connectivity index (χ1v) is 9.04. The lowest BCUT2D eigenvalue weighted by Crippen LogP contribution is -2.46. The van der Waals surface area contributed by atoms with Gasteiger partial charge in [0, 0.05) is 19.1 Å². The van der Waals surface area contributed by atoms with Crippen LogP contribution in [0.15, 0.2) is 24.3 Å². The molecule has 5 nitrogen and oxygen atoms in total. The molecule has 2 amide bonds. The average Bonchev–Trinajstić information content (AvgIpc) is 2.79. The van der Waals surface area contributed by atoms with E-state index in [-0.39, 0.29) is 23.6 Å². The van der Waals surface area contributed by atoms with Gasteiger partial charge in [0.25, 0.3) is 0 Å². The predicted molar refractivity (Wildman–Crippen MR) is 82.9 cm³/mol. The number of benzene rings is 1. The molecule has 1 aliphatic rings. The Morgan fingerprint density at radius 3 is 2.67 bits per heavy atom. The number of nitrogens with one attached hydrogen (secondary N) is 1. The smallest absolute Gasteiger partial charge is 0.317 e. The van der Waals surface area contributed by atoms with Gasteiger partial charge in [-0.05, 0) is 31.4 Å². The third-order valence-electron chi connectivity index (χ3n) is 3.94. The Labute approximate surface area is 126 Å². The summed E-state index contributed by atoms with van der Waals surface area (Å²) < 4.78 is 23.1. The highest BCUT2D eigenvalue weighted by molar-refractivity contribution is 7.91. The van der Waals surface area contributed by atoms with Gasteiger partial charge in [-0.2, -0.15) is 0 Å². The number of carbonyl (C=O) groups excluding carboxylic acids is 1. The molecule has 1 aromatic rings. The molecular weight excluding hydrogens is 288 g/mol. The molecule has 116 valence electrons. The second kappa shape index (κ2) is 6.47. The minimum Gasteiger partial charge on any atom is -0.334 e. The van der Waals surface area contributed by atoms with Gasteiger partial charge in [0.2, 0.25) is 0 Å². The summed E-state index contributed by atoms with van der Waals surface area (Å²) >= 11 is 0. The van der Waals surface area contributed by atoms with Crippen LogP contribution >= 0.6 is 0 Å². The molecule has 0 radical (unpaired) electrons. The van der Waals surface area contributed by atoms with Crippen molar-refractivity contribution in [1.29, 1.82) is 0 Å². The fourth-order valence-corrected chi connectivity index (χ4v) is 4.40. The molecule has 21 heavy (non-hydrogen) atoms. The van der Waals surface area contributed by atoms with Crippen LogP contribution in [-0.2, 0) is 16.4 Å². The summed E-state index contributed by atoms with van der Waals surface area (Å²) in [6.07, 6.45) is 0.536. The molecule has 1 fully saturated rings. The van der Waals surface area contributed by atoms with Gasteiger partial charge in [-0.25, -0.2) is 13.2 Å². The van der Waals surface area contributed by atoms with Crippen molar-refractivity contribution in [3.63, 3.8) is 0 Å². The molecule has 1 saturated heterocycles. The standard InChI is InChI=1S/C15H22N2O3S/c1-3-17(14-8-9-21(19,20)11-14)15(18)16-10-13-7-5-4-6-12(13)2/h4-7,14H,3,8-11H2,1-2H3,(H,16,18). The van der Waals surface area contributed by atoms with Crippen molar-refractivity contribution in [1.82, 2.24) is 10.2 Å². The summed E-state index contributed by atoms with van der Waals surface area (Å²) in [5.74, 6) is 0.262. The highest BCUT2D eigenvalue weighted by atomic mass is 32.2. The number of nitrogens with zero attached hydrogens (tertiary/aromatic N) is 1. The topological polar surface area (TPSA) is 66.5 Å². The number of hydrogen-bond acceptors (Lipinski definition) is 3. The van der Waals surface area contributed by atoms with Crippen LogP contribution in [0.5, 0.6) is 0 Å². The summed E-state index contributed by atoms with van der Waals surface area (Å²) in [4.78, 5) is 13.9. The molecule has 0 bridgehead atoms. The number of amides is 2. The van der Waals surface area contributed by atoms with E-state index < -0.39 is 9.84 Å². The zero-order valence-electron chi connectivity index (χ0n) is 12.5. The zero-order chi connectivity index (χ0) is 15.5. The van der Waals surface area contributed by atoms with Gasteiger partial charge in [0.1, 0.15) is 0 Å². The fraction of sp³-hybridized carbons (Fsp3) is 0.533. The average molecular weight is 310 g/mol. The Bertz CT molecular complexity index is 613. The maximum absolute atomic E-state index is 12.3. The van der Waals surface area contributed by atoms with Crippen LogP contribution in [0.4, 0.5) is 4.79 Å². The molecule has 0 aliphatic carbocycles. The Balaban J connectivity index is 1.97. The normalized spacial score (nSPS) is 20.2. The monoisotopic (exact) mass is 310 g/mol. The van der Waals surface area contributed by atoms with E-state index in [4.69, 9.17) is 0 Å². The lowest BCUT2D eigenvalue weighted by molar-refractivity contribution is 0.183. The van der Waals surface area contributed by atoms with Crippen LogP contribution in [-0.4, -0.2) is 43.4 Å². The molecular formula is C15H22N2O3S. The molecule has 0 aromatic heterocycles. The van der Waals surface area contributed by atoms with Crippen molar-refractivity contribution in [2.75, 3.05) is 18.1 Å².